The van der Waals surface area contributed by atoms with Crippen molar-refractivity contribution in [2.45, 2.75) is 12.8 Å². The molecule has 1 N–H and O–H groups in total. The van der Waals surface area contributed by atoms with Crippen LogP contribution in [0.3, 0.4) is 0 Å². The highest BCUT2D eigenvalue weighted by atomic mass is 19.1. The maximum atomic E-state index is 13.4. The quantitative estimate of drug-likeness (QED) is 0.822. The Morgan fingerprint density at radius 1 is 1.53 bits per heavy atom. The second kappa shape index (κ2) is 4.62. The third-order valence-electron chi connectivity index (χ3n) is 2.90. The van der Waals surface area contributed by atoms with E-state index in [2.05, 4.69) is 5.32 Å². The third-order valence-corrected chi connectivity index (χ3v) is 2.90. The number of benzene rings is 1. The van der Waals surface area contributed by atoms with Crippen LogP contribution in [0.1, 0.15) is 12.0 Å². The van der Waals surface area contributed by atoms with Gasteiger partial charge in [0.1, 0.15) is 0 Å². The van der Waals surface area contributed by atoms with Crippen molar-refractivity contribution in [3.63, 3.8) is 0 Å². The van der Waals surface area contributed by atoms with E-state index < -0.39 is 0 Å². The molecule has 15 heavy (non-hydrogen) atoms. The topological polar surface area (TPSA) is 21.3 Å². The van der Waals surface area contributed by atoms with Crippen molar-refractivity contribution in [3.8, 4) is 5.75 Å². The number of hydrogen-bond donors (Lipinski definition) is 1. The Labute approximate surface area is 89.4 Å². The predicted molar refractivity (Wildman–Crippen MR) is 57.6 cm³/mol. The summed E-state index contributed by atoms with van der Waals surface area (Å²) >= 11 is 0. The summed E-state index contributed by atoms with van der Waals surface area (Å²) in [5, 5.41) is 3.31. The Kier molecular flexibility index (Phi) is 3.21. The first-order valence-electron chi connectivity index (χ1n) is 5.32. The Bertz CT molecular complexity index is 334. The normalized spacial score (nSPS) is 20.5. The van der Waals surface area contributed by atoms with Crippen LogP contribution in [0.2, 0.25) is 0 Å². The molecule has 1 atom stereocenters. The molecule has 1 fully saturated rings. The fourth-order valence-electron chi connectivity index (χ4n) is 2.06. The van der Waals surface area contributed by atoms with Crippen LogP contribution in [0.25, 0.3) is 0 Å². The highest BCUT2D eigenvalue weighted by molar-refractivity contribution is 5.29. The minimum Gasteiger partial charge on any atom is -0.494 e. The molecule has 1 aliphatic rings. The summed E-state index contributed by atoms with van der Waals surface area (Å²) in [5.41, 5.74) is 1.06. The van der Waals surface area contributed by atoms with Gasteiger partial charge in [0.15, 0.2) is 11.6 Å². The van der Waals surface area contributed by atoms with E-state index in [1.54, 1.807) is 12.1 Å². The second-order valence-corrected chi connectivity index (χ2v) is 4.03. The molecular weight excluding hydrogens is 193 g/mol. The van der Waals surface area contributed by atoms with Gasteiger partial charge in [-0.2, -0.15) is 0 Å². The average Bonchev–Trinajstić information content (AvgIpc) is 2.71. The van der Waals surface area contributed by atoms with Crippen LogP contribution in [-0.2, 0) is 6.42 Å². The fraction of sp³-hybridized carbons (Fsp3) is 0.500. The molecule has 3 heteroatoms. The monoisotopic (exact) mass is 209 g/mol. The smallest absolute Gasteiger partial charge is 0.165 e. The van der Waals surface area contributed by atoms with Gasteiger partial charge in [-0.25, -0.2) is 4.39 Å². The van der Waals surface area contributed by atoms with E-state index in [4.69, 9.17) is 4.74 Å². The van der Waals surface area contributed by atoms with Crippen molar-refractivity contribution >= 4 is 0 Å². The number of halogens is 1. The molecule has 0 amide bonds. The minimum atomic E-state index is -0.263. The third kappa shape index (κ3) is 2.48. The van der Waals surface area contributed by atoms with Gasteiger partial charge in [-0.15, -0.1) is 0 Å². The summed E-state index contributed by atoms with van der Waals surface area (Å²) < 4.78 is 18.3. The number of nitrogens with one attached hydrogen (secondary N) is 1. The summed E-state index contributed by atoms with van der Waals surface area (Å²) in [6.45, 7) is 2.14. The first-order valence-corrected chi connectivity index (χ1v) is 5.32. The van der Waals surface area contributed by atoms with Crippen molar-refractivity contribution in [3.05, 3.63) is 29.6 Å². The predicted octanol–water partition coefficient (Wildman–Crippen LogP) is 1.99. The molecular formula is C12H16FNO. The van der Waals surface area contributed by atoms with Crippen LogP contribution in [-0.4, -0.2) is 20.2 Å². The van der Waals surface area contributed by atoms with Gasteiger partial charge in [0, 0.05) is 0 Å². The molecule has 2 rings (SSSR count). The minimum absolute atomic E-state index is 0.263. The van der Waals surface area contributed by atoms with Crippen molar-refractivity contribution in [1.82, 2.24) is 5.32 Å². The van der Waals surface area contributed by atoms with E-state index in [0.29, 0.717) is 11.7 Å². The largest absolute Gasteiger partial charge is 0.494 e. The van der Waals surface area contributed by atoms with E-state index in [-0.39, 0.29) is 5.82 Å². The average molecular weight is 209 g/mol. The van der Waals surface area contributed by atoms with Crippen molar-refractivity contribution in [2.24, 2.45) is 5.92 Å². The van der Waals surface area contributed by atoms with Crippen LogP contribution in [0.4, 0.5) is 4.39 Å². The van der Waals surface area contributed by atoms with Gasteiger partial charge in [-0.3, -0.25) is 0 Å². The van der Waals surface area contributed by atoms with Crippen molar-refractivity contribution in [2.75, 3.05) is 20.2 Å². The summed E-state index contributed by atoms with van der Waals surface area (Å²) in [4.78, 5) is 0. The molecule has 0 aromatic heterocycles. The summed E-state index contributed by atoms with van der Waals surface area (Å²) in [5.74, 6) is 0.710. The molecule has 1 heterocycles. The van der Waals surface area contributed by atoms with Gasteiger partial charge in [0.2, 0.25) is 0 Å². The molecule has 2 nitrogen and oxygen atoms in total. The molecule has 0 aliphatic carbocycles. The van der Waals surface area contributed by atoms with E-state index in [0.717, 1.165) is 25.1 Å². The highest BCUT2D eigenvalue weighted by Gasteiger charge is 2.15. The second-order valence-electron chi connectivity index (χ2n) is 4.03. The van der Waals surface area contributed by atoms with Crippen LogP contribution in [0, 0.1) is 11.7 Å². The highest BCUT2D eigenvalue weighted by Crippen LogP contribution is 2.21. The lowest BCUT2D eigenvalue weighted by Gasteiger charge is -2.09. The molecule has 1 aromatic carbocycles. The molecule has 0 radical (unpaired) electrons. The van der Waals surface area contributed by atoms with E-state index in [1.165, 1.54) is 13.5 Å². The maximum Gasteiger partial charge on any atom is 0.165 e. The first-order chi connectivity index (χ1) is 7.29. The molecule has 1 unspecified atom stereocenters. The Hall–Kier alpha value is -1.09. The first kappa shape index (κ1) is 10.4. The number of ether oxygens (including phenoxy) is 1. The molecule has 0 bridgehead atoms. The van der Waals surface area contributed by atoms with Gasteiger partial charge in [0.25, 0.3) is 0 Å². The zero-order chi connectivity index (χ0) is 10.7. The van der Waals surface area contributed by atoms with Gasteiger partial charge in [-0.1, -0.05) is 6.07 Å². The molecule has 1 saturated heterocycles. The number of rotatable bonds is 3. The Balaban J connectivity index is 2.05. The summed E-state index contributed by atoms with van der Waals surface area (Å²) in [6, 6.07) is 5.23. The van der Waals surface area contributed by atoms with Gasteiger partial charge in [-0.05, 0) is 49.5 Å². The van der Waals surface area contributed by atoms with Crippen LogP contribution >= 0.6 is 0 Å². The summed E-state index contributed by atoms with van der Waals surface area (Å²) in [6.07, 6.45) is 2.14. The van der Waals surface area contributed by atoms with E-state index >= 15 is 0 Å². The Morgan fingerprint density at radius 2 is 2.40 bits per heavy atom. The number of methoxy groups -OCH3 is 1. The number of hydrogen-bond acceptors (Lipinski definition) is 2. The van der Waals surface area contributed by atoms with Crippen LogP contribution in [0.5, 0.6) is 5.75 Å². The lowest BCUT2D eigenvalue weighted by atomic mass is 9.98. The van der Waals surface area contributed by atoms with E-state index in [9.17, 15) is 4.39 Å². The molecule has 1 aliphatic heterocycles. The molecule has 0 saturated carbocycles. The standard InChI is InChI=1S/C12H16FNO/c1-15-12-3-2-9(7-11(12)13)6-10-4-5-14-8-10/h2-3,7,10,14H,4-6,8H2,1H3. The van der Waals surface area contributed by atoms with Crippen molar-refractivity contribution in [1.29, 1.82) is 0 Å². The van der Waals surface area contributed by atoms with Crippen LogP contribution in [0.15, 0.2) is 18.2 Å². The van der Waals surface area contributed by atoms with Gasteiger partial charge < -0.3 is 10.1 Å². The maximum absolute atomic E-state index is 13.4. The zero-order valence-corrected chi connectivity index (χ0v) is 8.92. The molecule has 82 valence electrons. The summed E-state index contributed by atoms with van der Waals surface area (Å²) in [7, 11) is 1.49. The lowest BCUT2D eigenvalue weighted by molar-refractivity contribution is 0.386. The molecule has 1 aromatic rings. The van der Waals surface area contributed by atoms with Gasteiger partial charge in [0.05, 0.1) is 7.11 Å². The fourth-order valence-corrected chi connectivity index (χ4v) is 2.06. The van der Waals surface area contributed by atoms with E-state index in [1.807, 2.05) is 6.07 Å². The Morgan fingerprint density at radius 3 is 3.00 bits per heavy atom. The SMILES string of the molecule is COc1ccc(CC2CCNC2)cc1F. The zero-order valence-electron chi connectivity index (χ0n) is 8.92. The lowest BCUT2D eigenvalue weighted by Crippen LogP contribution is -2.10. The molecule has 0 spiro atoms. The van der Waals surface area contributed by atoms with Crippen LogP contribution < -0.4 is 10.1 Å². The van der Waals surface area contributed by atoms with Gasteiger partial charge >= 0.3 is 0 Å². The van der Waals surface area contributed by atoms with Crippen molar-refractivity contribution < 1.29 is 9.13 Å².